The van der Waals surface area contributed by atoms with E-state index in [-0.39, 0.29) is 0 Å². The van der Waals surface area contributed by atoms with Crippen LogP contribution in [0, 0.1) is 17.8 Å². The minimum Gasteiger partial charge on any atom is -0.308 e. The molecule has 3 fully saturated rings. The van der Waals surface area contributed by atoms with Crippen LogP contribution in [0.4, 0.5) is 0 Å². The minimum atomic E-state index is 0.326. The van der Waals surface area contributed by atoms with E-state index < -0.39 is 0 Å². The average Bonchev–Trinajstić information content (AvgIpc) is 3.13. The molecular formula is C30H39N3. The summed E-state index contributed by atoms with van der Waals surface area (Å²) in [5, 5.41) is 3.96. The second-order valence-corrected chi connectivity index (χ2v) is 10.0. The van der Waals surface area contributed by atoms with Crippen molar-refractivity contribution in [3.05, 3.63) is 76.9 Å². The summed E-state index contributed by atoms with van der Waals surface area (Å²) < 4.78 is 0. The van der Waals surface area contributed by atoms with E-state index in [4.69, 9.17) is 4.99 Å². The van der Waals surface area contributed by atoms with Crippen LogP contribution in [0.3, 0.4) is 0 Å². The first-order valence-electron chi connectivity index (χ1n) is 13.1. The van der Waals surface area contributed by atoms with E-state index in [1.807, 2.05) is 13.8 Å². The predicted molar refractivity (Wildman–Crippen MR) is 141 cm³/mol. The van der Waals surface area contributed by atoms with Gasteiger partial charge >= 0.3 is 0 Å². The lowest BCUT2D eigenvalue weighted by atomic mass is 9.77. The third-order valence-corrected chi connectivity index (χ3v) is 8.12. The molecule has 6 aliphatic rings. The number of allylic oxidation sites excluding steroid dienone is 5. The molecule has 0 spiro atoms. The van der Waals surface area contributed by atoms with Gasteiger partial charge < -0.3 is 10.2 Å². The molecule has 2 aliphatic carbocycles. The Morgan fingerprint density at radius 1 is 1.06 bits per heavy atom. The summed E-state index contributed by atoms with van der Waals surface area (Å²) in [4.78, 5) is 7.76. The summed E-state index contributed by atoms with van der Waals surface area (Å²) in [7, 11) is 0. The number of hydrogen-bond donors (Lipinski definition) is 1. The molecule has 0 radical (unpaired) electrons. The van der Waals surface area contributed by atoms with E-state index in [0.29, 0.717) is 18.0 Å². The zero-order valence-electron chi connectivity index (χ0n) is 20.5. The van der Waals surface area contributed by atoms with Crippen LogP contribution >= 0.6 is 0 Å². The Morgan fingerprint density at radius 2 is 1.94 bits per heavy atom. The first-order chi connectivity index (χ1) is 16.3. The van der Waals surface area contributed by atoms with Crippen molar-refractivity contribution in [3.63, 3.8) is 0 Å². The first kappa shape index (κ1) is 22.6. The van der Waals surface area contributed by atoms with Gasteiger partial charge in [0.1, 0.15) is 0 Å². The van der Waals surface area contributed by atoms with Crippen LogP contribution in [-0.4, -0.2) is 42.3 Å². The van der Waals surface area contributed by atoms with Crippen LogP contribution in [0.1, 0.15) is 55.9 Å². The van der Waals surface area contributed by atoms with Gasteiger partial charge in [-0.2, -0.15) is 0 Å². The second-order valence-electron chi connectivity index (χ2n) is 10.0. The highest BCUT2D eigenvalue weighted by Crippen LogP contribution is 2.34. The van der Waals surface area contributed by atoms with Crippen molar-refractivity contribution in [1.29, 1.82) is 0 Å². The van der Waals surface area contributed by atoms with Gasteiger partial charge in [0.2, 0.25) is 0 Å². The average molecular weight is 442 g/mol. The van der Waals surface area contributed by atoms with Gasteiger partial charge in [0.25, 0.3) is 0 Å². The van der Waals surface area contributed by atoms with Crippen LogP contribution in [0.5, 0.6) is 0 Å². The van der Waals surface area contributed by atoms with Crippen LogP contribution in [-0.2, 0) is 13.0 Å². The number of nitrogens with one attached hydrogen (secondary N) is 1. The van der Waals surface area contributed by atoms with Crippen molar-refractivity contribution < 1.29 is 0 Å². The Morgan fingerprint density at radius 3 is 2.76 bits per heavy atom. The Bertz CT molecular complexity index is 1010. The van der Waals surface area contributed by atoms with Gasteiger partial charge in [-0.05, 0) is 59.9 Å². The molecular weight excluding hydrogens is 402 g/mol. The molecule has 3 heteroatoms. The summed E-state index contributed by atoms with van der Waals surface area (Å²) in [5.74, 6) is 2.18. The lowest BCUT2D eigenvalue weighted by Gasteiger charge is -2.49. The first-order valence-corrected chi connectivity index (χ1v) is 13.1. The fraction of sp³-hybridized carbons (Fsp3) is 0.500. The topological polar surface area (TPSA) is 27.6 Å². The molecule has 174 valence electrons. The zero-order chi connectivity index (χ0) is 22.8. The van der Waals surface area contributed by atoms with Crippen LogP contribution in [0.2, 0.25) is 0 Å². The van der Waals surface area contributed by atoms with Gasteiger partial charge in [-0.3, -0.25) is 4.99 Å². The summed E-state index contributed by atoms with van der Waals surface area (Å²) >= 11 is 0. The third kappa shape index (κ3) is 4.46. The van der Waals surface area contributed by atoms with Gasteiger partial charge in [-0.25, -0.2) is 0 Å². The number of aliphatic imine (C=N–C) groups is 1. The smallest absolute Gasteiger partial charge is 0.0752 e. The molecule has 0 aromatic heterocycles. The number of rotatable bonds is 4. The van der Waals surface area contributed by atoms with Crippen LogP contribution < -0.4 is 5.32 Å². The minimum absolute atomic E-state index is 0.326. The highest BCUT2D eigenvalue weighted by Gasteiger charge is 2.38. The molecule has 33 heavy (non-hydrogen) atoms. The fourth-order valence-corrected chi connectivity index (χ4v) is 6.47. The SMILES string of the molecule is CC.CC1CN2CCC1C(NCc1ccc(C3=NC4C=CC=CC4C3)c3c1C=CC=CC3)C2. The molecule has 4 heterocycles. The molecule has 0 saturated carbocycles. The molecule has 4 aliphatic heterocycles. The largest absolute Gasteiger partial charge is 0.308 e. The van der Waals surface area contributed by atoms with E-state index in [1.54, 1.807) is 0 Å². The maximum atomic E-state index is 5.11. The van der Waals surface area contributed by atoms with E-state index >= 15 is 0 Å². The lowest BCUT2D eigenvalue weighted by molar-refractivity contribution is 0.0263. The van der Waals surface area contributed by atoms with Gasteiger partial charge in [0, 0.05) is 37.3 Å². The quantitative estimate of drug-likeness (QED) is 0.661. The molecule has 0 amide bonds. The third-order valence-electron chi connectivity index (χ3n) is 8.12. The molecule has 1 N–H and O–H groups in total. The summed E-state index contributed by atoms with van der Waals surface area (Å²) in [6, 6.07) is 5.66. The molecule has 1 aromatic rings. The second kappa shape index (κ2) is 9.95. The number of fused-ring (bicyclic) bond motifs is 5. The van der Waals surface area contributed by atoms with Gasteiger partial charge in [-0.1, -0.05) is 81.5 Å². The maximum absolute atomic E-state index is 5.11. The monoisotopic (exact) mass is 441 g/mol. The summed E-state index contributed by atoms with van der Waals surface area (Å²) in [6.45, 7) is 11.2. The molecule has 3 saturated heterocycles. The van der Waals surface area contributed by atoms with Crippen molar-refractivity contribution in [3.8, 4) is 0 Å². The summed E-state index contributed by atoms with van der Waals surface area (Å²) in [5.41, 5.74) is 6.95. The van der Waals surface area contributed by atoms with E-state index in [1.165, 1.54) is 54.0 Å². The number of nitrogens with zero attached hydrogens (tertiary/aromatic N) is 2. The fourth-order valence-electron chi connectivity index (χ4n) is 6.47. The molecule has 2 bridgehead atoms. The Labute approximate surface area is 200 Å². The number of piperidine rings is 3. The van der Waals surface area contributed by atoms with Crippen LogP contribution in [0.15, 0.2) is 59.7 Å². The van der Waals surface area contributed by atoms with E-state index in [9.17, 15) is 0 Å². The number of benzene rings is 1. The normalized spacial score (nSPS) is 33.1. The lowest BCUT2D eigenvalue weighted by Crippen LogP contribution is -2.59. The van der Waals surface area contributed by atoms with Crippen molar-refractivity contribution in [2.45, 2.75) is 58.7 Å². The van der Waals surface area contributed by atoms with E-state index in [0.717, 1.165) is 31.2 Å². The van der Waals surface area contributed by atoms with E-state index in [2.05, 4.69) is 77.9 Å². The zero-order valence-corrected chi connectivity index (χ0v) is 20.5. The molecule has 1 aromatic carbocycles. The van der Waals surface area contributed by atoms with Gasteiger partial charge in [0.05, 0.1) is 6.04 Å². The Kier molecular flexibility index (Phi) is 6.80. The van der Waals surface area contributed by atoms with Crippen LogP contribution in [0.25, 0.3) is 6.08 Å². The molecule has 7 rings (SSSR count). The summed E-state index contributed by atoms with van der Waals surface area (Å²) in [6.07, 6.45) is 21.3. The Balaban J connectivity index is 0.00000111. The van der Waals surface area contributed by atoms with Crippen molar-refractivity contribution in [1.82, 2.24) is 10.2 Å². The maximum Gasteiger partial charge on any atom is 0.0752 e. The van der Waals surface area contributed by atoms with Crippen molar-refractivity contribution >= 4 is 11.8 Å². The number of hydrogen-bond acceptors (Lipinski definition) is 3. The molecule has 6 atom stereocenters. The molecule has 6 unspecified atom stereocenters. The van der Waals surface area contributed by atoms with Crippen molar-refractivity contribution in [2.24, 2.45) is 22.7 Å². The Hall–Kier alpha value is -2.23. The standard InChI is InChI=1S/C28H33N3.C2H6/c1-19-17-31-14-13-22(19)28(18-31)29-16-21-11-12-25(24-9-4-2-3-8-23(21)24)27-15-20-7-5-6-10-26(20)30-27;1-2/h2-8,10-12,19-20,22,26,28-29H,9,13-18H2,1H3;1-2H3. The molecule has 3 nitrogen and oxygen atoms in total. The van der Waals surface area contributed by atoms with Crippen molar-refractivity contribution in [2.75, 3.05) is 19.6 Å². The predicted octanol–water partition coefficient (Wildman–Crippen LogP) is 5.57. The highest BCUT2D eigenvalue weighted by atomic mass is 15.2. The van der Waals surface area contributed by atoms with Gasteiger partial charge in [0.15, 0.2) is 0 Å². The highest BCUT2D eigenvalue weighted by molar-refractivity contribution is 6.04. The van der Waals surface area contributed by atoms with Gasteiger partial charge in [-0.15, -0.1) is 0 Å².